The second kappa shape index (κ2) is 5.67. The van der Waals surface area contributed by atoms with Crippen molar-refractivity contribution in [2.24, 2.45) is 0 Å². The zero-order valence-corrected chi connectivity index (χ0v) is 9.45. The highest BCUT2D eigenvalue weighted by Gasteiger charge is 2.11. The lowest BCUT2D eigenvalue weighted by Gasteiger charge is -2.03. The highest BCUT2D eigenvalue weighted by Crippen LogP contribution is 2.02. The average molecular weight is 242 g/mol. The minimum Gasteiger partial charge on any atom is -0.454 e. The van der Waals surface area contributed by atoms with Gasteiger partial charge in [0, 0.05) is 30.4 Å². The maximum absolute atomic E-state index is 11.7. The standard InChI is InChI=1S/C13H10N2O3/c16-12(10-3-6-14-7-4-10)9-18-13(17)11-2-1-5-15-8-11/h1-8H,9H2. The maximum atomic E-state index is 11.7. The van der Waals surface area contributed by atoms with Gasteiger partial charge in [-0.25, -0.2) is 4.79 Å². The van der Waals surface area contributed by atoms with Crippen molar-refractivity contribution in [3.8, 4) is 0 Å². The molecule has 0 spiro atoms. The van der Waals surface area contributed by atoms with E-state index in [1.165, 1.54) is 18.6 Å². The quantitative estimate of drug-likeness (QED) is 0.600. The zero-order chi connectivity index (χ0) is 12.8. The minimum atomic E-state index is -0.564. The molecule has 0 amide bonds. The zero-order valence-electron chi connectivity index (χ0n) is 9.45. The lowest BCUT2D eigenvalue weighted by atomic mass is 10.2. The fourth-order valence-electron chi connectivity index (χ4n) is 1.32. The minimum absolute atomic E-state index is 0.269. The Bertz CT molecular complexity index is 489. The number of hydrogen-bond donors (Lipinski definition) is 0. The Balaban J connectivity index is 1.93. The van der Waals surface area contributed by atoms with Gasteiger partial charge in [-0.05, 0) is 24.3 Å². The molecule has 2 aromatic rings. The van der Waals surface area contributed by atoms with E-state index >= 15 is 0 Å². The van der Waals surface area contributed by atoms with Crippen molar-refractivity contribution in [3.05, 3.63) is 60.2 Å². The van der Waals surface area contributed by atoms with Crippen molar-refractivity contribution >= 4 is 11.8 Å². The molecule has 0 N–H and O–H groups in total. The van der Waals surface area contributed by atoms with E-state index in [1.54, 1.807) is 30.5 Å². The van der Waals surface area contributed by atoms with E-state index in [1.807, 2.05) is 0 Å². The van der Waals surface area contributed by atoms with Crippen LogP contribution in [-0.4, -0.2) is 28.3 Å². The van der Waals surface area contributed by atoms with Crippen LogP contribution in [0, 0.1) is 0 Å². The molecule has 5 heteroatoms. The highest BCUT2D eigenvalue weighted by atomic mass is 16.5. The fourth-order valence-corrected chi connectivity index (χ4v) is 1.32. The topological polar surface area (TPSA) is 69.2 Å². The third-order valence-electron chi connectivity index (χ3n) is 2.23. The van der Waals surface area contributed by atoms with Crippen LogP contribution < -0.4 is 0 Å². The lowest BCUT2D eigenvalue weighted by molar-refractivity contribution is 0.0474. The van der Waals surface area contributed by atoms with Crippen LogP contribution >= 0.6 is 0 Å². The van der Waals surface area contributed by atoms with E-state index in [4.69, 9.17) is 4.74 Å². The number of nitrogens with zero attached hydrogens (tertiary/aromatic N) is 2. The van der Waals surface area contributed by atoms with Crippen LogP contribution in [0.1, 0.15) is 20.7 Å². The van der Waals surface area contributed by atoms with Crippen LogP contribution in [-0.2, 0) is 4.74 Å². The molecule has 0 atom stereocenters. The van der Waals surface area contributed by atoms with E-state index in [0.29, 0.717) is 11.1 Å². The van der Waals surface area contributed by atoms with Crippen molar-refractivity contribution in [3.63, 3.8) is 0 Å². The van der Waals surface area contributed by atoms with E-state index in [-0.39, 0.29) is 12.4 Å². The molecule has 0 bridgehead atoms. The second-order valence-electron chi connectivity index (χ2n) is 3.48. The summed E-state index contributed by atoms with van der Waals surface area (Å²) < 4.78 is 4.90. The van der Waals surface area contributed by atoms with Gasteiger partial charge in [0.2, 0.25) is 0 Å². The number of esters is 1. The molecule has 0 aliphatic carbocycles. The Labute approximate surface area is 103 Å². The summed E-state index contributed by atoms with van der Waals surface area (Å²) in [5.74, 6) is -0.833. The molecular formula is C13H10N2O3. The summed E-state index contributed by atoms with van der Waals surface area (Å²) in [5, 5.41) is 0. The number of ketones is 1. The molecule has 2 aromatic heterocycles. The van der Waals surface area contributed by atoms with Crippen molar-refractivity contribution in [1.29, 1.82) is 0 Å². The third kappa shape index (κ3) is 2.98. The Morgan fingerprint density at radius 1 is 1.00 bits per heavy atom. The summed E-state index contributed by atoms with van der Waals surface area (Å²) in [6.07, 6.45) is 5.96. The van der Waals surface area contributed by atoms with E-state index in [0.717, 1.165) is 0 Å². The molecule has 0 unspecified atom stereocenters. The Kier molecular flexibility index (Phi) is 3.76. The second-order valence-corrected chi connectivity index (χ2v) is 3.48. The van der Waals surface area contributed by atoms with Crippen LogP contribution in [0.25, 0.3) is 0 Å². The summed E-state index contributed by atoms with van der Waals surface area (Å²) in [6.45, 7) is -0.294. The van der Waals surface area contributed by atoms with Crippen LogP contribution in [0.2, 0.25) is 0 Å². The summed E-state index contributed by atoms with van der Waals surface area (Å²) in [5.41, 5.74) is 0.781. The Hall–Kier alpha value is -2.56. The van der Waals surface area contributed by atoms with Gasteiger partial charge in [0.1, 0.15) is 0 Å². The van der Waals surface area contributed by atoms with Crippen molar-refractivity contribution in [2.75, 3.05) is 6.61 Å². The van der Waals surface area contributed by atoms with Crippen molar-refractivity contribution < 1.29 is 14.3 Å². The number of Topliss-reactive ketones (excluding diaryl/α,β-unsaturated/α-hetero) is 1. The molecule has 0 fully saturated rings. The molecule has 0 aliphatic heterocycles. The lowest BCUT2D eigenvalue weighted by Crippen LogP contribution is -2.14. The molecule has 90 valence electrons. The number of carbonyl (C=O) groups excluding carboxylic acids is 2. The number of aromatic nitrogens is 2. The van der Waals surface area contributed by atoms with Crippen LogP contribution in [0.3, 0.4) is 0 Å². The predicted molar refractivity (Wildman–Crippen MR) is 63.1 cm³/mol. The summed E-state index contributed by atoms with van der Waals surface area (Å²) in [6, 6.07) is 6.34. The fraction of sp³-hybridized carbons (Fsp3) is 0.0769. The average Bonchev–Trinajstić information content (AvgIpc) is 2.46. The van der Waals surface area contributed by atoms with E-state index in [9.17, 15) is 9.59 Å². The van der Waals surface area contributed by atoms with Gasteiger partial charge < -0.3 is 4.74 Å². The normalized spacial score (nSPS) is 9.78. The Morgan fingerprint density at radius 3 is 2.44 bits per heavy atom. The van der Waals surface area contributed by atoms with Crippen LogP contribution in [0.15, 0.2) is 49.1 Å². The van der Waals surface area contributed by atoms with Crippen LogP contribution in [0.5, 0.6) is 0 Å². The van der Waals surface area contributed by atoms with Crippen molar-refractivity contribution in [1.82, 2.24) is 9.97 Å². The van der Waals surface area contributed by atoms with Gasteiger partial charge in [-0.1, -0.05) is 0 Å². The van der Waals surface area contributed by atoms with Gasteiger partial charge in [-0.15, -0.1) is 0 Å². The molecular weight excluding hydrogens is 232 g/mol. The Morgan fingerprint density at radius 2 is 1.78 bits per heavy atom. The van der Waals surface area contributed by atoms with Gasteiger partial charge >= 0.3 is 5.97 Å². The molecule has 0 saturated carbocycles. The molecule has 2 heterocycles. The molecule has 2 rings (SSSR count). The van der Waals surface area contributed by atoms with Crippen molar-refractivity contribution in [2.45, 2.75) is 0 Å². The molecule has 0 radical (unpaired) electrons. The number of pyridine rings is 2. The van der Waals surface area contributed by atoms with Gasteiger partial charge in [-0.2, -0.15) is 0 Å². The van der Waals surface area contributed by atoms with Crippen LogP contribution in [0.4, 0.5) is 0 Å². The SMILES string of the molecule is O=C(COC(=O)c1cccnc1)c1ccncc1. The molecule has 0 aliphatic rings. The summed E-state index contributed by atoms with van der Waals surface area (Å²) in [4.78, 5) is 30.8. The first-order chi connectivity index (χ1) is 8.77. The first-order valence-electron chi connectivity index (χ1n) is 5.28. The van der Waals surface area contributed by atoms with Gasteiger partial charge in [0.05, 0.1) is 5.56 Å². The highest BCUT2D eigenvalue weighted by molar-refractivity contribution is 5.99. The molecule has 0 aromatic carbocycles. The van der Waals surface area contributed by atoms with Gasteiger partial charge in [-0.3, -0.25) is 14.8 Å². The summed E-state index contributed by atoms with van der Waals surface area (Å²) in [7, 11) is 0. The number of carbonyl (C=O) groups is 2. The molecule has 5 nitrogen and oxygen atoms in total. The largest absolute Gasteiger partial charge is 0.454 e. The van der Waals surface area contributed by atoms with E-state index < -0.39 is 5.97 Å². The number of rotatable bonds is 4. The van der Waals surface area contributed by atoms with E-state index in [2.05, 4.69) is 9.97 Å². The maximum Gasteiger partial charge on any atom is 0.340 e. The third-order valence-corrected chi connectivity index (χ3v) is 2.23. The molecule has 18 heavy (non-hydrogen) atoms. The first-order valence-corrected chi connectivity index (χ1v) is 5.28. The summed E-state index contributed by atoms with van der Waals surface area (Å²) >= 11 is 0. The molecule has 0 saturated heterocycles. The smallest absolute Gasteiger partial charge is 0.340 e. The van der Waals surface area contributed by atoms with Gasteiger partial charge in [0.25, 0.3) is 0 Å². The number of hydrogen-bond acceptors (Lipinski definition) is 5. The number of ether oxygens (including phenoxy) is 1. The first kappa shape index (κ1) is 11.9. The van der Waals surface area contributed by atoms with Gasteiger partial charge in [0.15, 0.2) is 12.4 Å². The monoisotopic (exact) mass is 242 g/mol. The predicted octanol–water partition coefficient (Wildman–Crippen LogP) is 1.52.